The van der Waals surface area contributed by atoms with E-state index in [1.165, 1.54) is 0 Å². The molecule has 0 fully saturated rings. The van der Waals surface area contributed by atoms with E-state index >= 15 is 0 Å². The van der Waals surface area contributed by atoms with Gasteiger partial charge in [0.05, 0.1) is 30.5 Å². The number of aromatic hydroxyl groups is 1. The van der Waals surface area contributed by atoms with Crippen molar-refractivity contribution in [1.29, 1.82) is 0 Å². The maximum Gasteiger partial charge on any atom is 0.165 e. The van der Waals surface area contributed by atoms with Gasteiger partial charge in [-0.05, 0) is 47.1 Å². The lowest BCUT2D eigenvalue weighted by molar-refractivity contribution is 0.394. The van der Waals surface area contributed by atoms with Crippen molar-refractivity contribution in [3.63, 3.8) is 0 Å². The van der Waals surface area contributed by atoms with Gasteiger partial charge in [-0.25, -0.2) is 9.97 Å². The molecule has 1 heterocycles. The summed E-state index contributed by atoms with van der Waals surface area (Å²) in [6.45, 7) is 1.84. The normalized spacial score (nSPS) is 10.9. The average molecular weight is 522 g/mol. The predicted octanol–water partition coefficient (Wildman–Crippen LogP) is 5.15. The number of anilines is 1. The monoisotopic (exact) mass is 520 g/mol. The van der Waals surface area contributed by atoms with E-state index in [0.717, 1.165) is 15.7 Å². The summed E-state index contributed by atoms with van der Waals surface area (Å²) in [7, 11) is 3.18. The second-order valence-corrected chi connectivity index (χ2v) is 7.75. The summed E-state index contributed by atoms with van der Waals surface area (Å²) in [5, 5.41) is 14.6. The van der Waals surface area contributed by atoms with Crippen LogP contribution in [0.1, 0.15) is 11.3 Å². The Hall–Kier alpha value is -2.65. The summed E-state index contributed by atoms with van der Waals surface area (Å²) < 4.78 is 11.9. The lowest BCUT2D eigenvalue weighted by Crippen LogP contribution is -2.00. The Morgan fingerprint density at radius 3 is 2.59 bits per heavy atom. The second-order valence-electron chi connectivity index (χ2n) is 5.98. The van der Waals surface area contributed by atoms with Gasteiger partial charge in [0, 0.05) is 27.9 Å². The molecule has 0 aliphatic heterocycles. The number of ether oxygens (including phenoxy) is 2. The molecule has 7 nitrogen and oxygen atoms in total. The number of benzene rings is 2. The lowest BCUT2D eigenvalue weighted by Gasteiger charge is -2.09. The maximum atomic E-state index is 10.4. The van der Waals surface area contributed by atoms with Gasteiger partial charge in [0.1, 0.15) is 17.2 Å². The van der Waals surface area contributed by atoms with E-state index in [2.05, 4.69) is 52.4 Å². The van der Waals surface area contributed by atoms with Gasteiger partial charge in [-0.15, -0.1) is 0 Å². The Morgan fingerprint density at radius 1 is 1.07 bits per heavy atom. The molecular weight excluding hydrogens is 504 g/mol. The number of hydrogen-bond donors (Lipinski definition) is 2. The number of methoxy groups -OCH3 is 2. The van der Waals surface area contributed by atoms with Crippen molar-refractivity contribution in [2.45, 2.75) is 6.92 Å². The summed E-state index contributed by atoms with van der Waals surface area (Å²) in [5.41, 5.74) is 4.90. The van der Waals surface area contributed by atoms with Gasteiger partial charge in [-0.3, -0.25) is 5.43 Å². The number of aryl methyl sites for hydroxylation is 1. The minimum Gasteiger partial charge on any atom is -0.506 e. The van der Waals surface area contributed by atoms with Crippen molar-refractivity contribution in [2.24, 2.45) is 5.10 Å². The molecule has 1 aromatic heterocycles. The molecular formula is C20H18Br2N4O3. The molecule has 29 heavy (non-hydrogen) atoms. The first-order chi connectivity index (χ1) is 13.9. The summed E-state index contributed by atoms with van der Waals surface area (Å²) in [6.07, 6.45) is 1.63. The van der Waals surface area contributed by atoms with Crippen LogP contribution in [0.3, 0.4) is 0 Å². The molecule has 0 amide bonds. The van der Waals surface area contributed by atoms with Gasteiger partial charge in [0.2, 0.25) is 0 Å². The average Bonchev–Trinajstić information content (AvgIpc) is 2.70. The zero-order chi connectivity index (χ0) is 21.0. The molecule has 0 unspecified atom stereocenters. The summed E-state index contributed by atoms with van der Waals surface area (Å²) in [6, 6.07) is 10.7. The molecule has 9 heteroatoms. The van der Waals surface area contributed by atoms with E-state index in [0.29, 0.717) is 33.2 Å². The van der Waals surface area contributed by atoms with Crippen LogP contribution < -0.4 is 14.9 Å². The van der Waals surface area contributed by atoms with Gasteiger partial charge in [0.15, 0.2) is 11.6 Å². The highest BCUT2D eigenvalue weighted by Gasteiger charge is 2.13. The van der Waals surface area contributed by atoms with Crippen LogP contribution in [0, 0.1) is 6.92 Å². The molecule has 0 bridgehead atoms. The molecule has 3 rings (SSSR count). The van der Waals surface area contributed by atoms with Crippen molar-refractivity contribution in [3.05, 3.63) is 56.6 Å². The van der Waals surface area contributed by atoms with Crippen LogP contribution in [0.15, 0.2) is 50.4 Å². The topological polar surface area (TPSA) is 88.9 Å². The highest BCUT2D eigenvalue weighted by molar-refractivity contribution is 9.11. The first-order valence-corrected chi connectivity index (χ1v) is 10.0. The number of hydrogen-bond acceptors (Lipinski definition) is 7. The Bertz CT molecular complexity index is 1070. The number of rotatable bonds is 6. The third-order valence-corrected chi connectivity index (χ3v) is 5.01. The van der Waals surface area contributed by atoms with E-state index < -0.39 is 0 Å². The van der Waals surface area contributed by atoms with Crippen molar-refractivity contribution in [2.75, 3.05) is 19.6 Å². The minimum absolute atomic E-state index is 0.0659. The van der Waals surface area contributed by atoms with Crippen molar-refractivity contribution >= 4 is 43.9 Å². The molecule has 2 N–H and O–H groups in total. The van der Waals surface area contributed by atoms with E-state index in [1.54, 1.807) is 44.7 Å². The van der Waals surface area contributed by atoms with Gasteiger partial charge in [-0.1, -0.05) is 15.9 Å². The largest absolute Gasteiger partial charge is 0.506 e. The van der Waals surface area contributed by atoms with Crippen LogP contribution >= 0.6 is 31.9 Å². The van der Waals surface area contributed by atoms with Gasteiger partial charge >= 0.3 is 0 Å². The van der Waals surface area contributed by atoms with Crippen LogP contribution in [0.2, 0.25) is 0 Å². The first-order valence-electron chi connectivity index (χ1n) is 8.46. The minimum atomic E-state index is 0.0659. The van der Waals surface area contributed by atoms with E-state index in [-0.39, 0.29) is 5.75 Å². The van der Waals surface area contributed by atoms with Crippen LogP contribution in [-0.4, -0.2) is 35.5 Å². The van der Waals surface area contributed by atoms with Gasteiger partial charge < -0.3 is 14.6 Å². The van der Waals surface area contributed by atoms with Crippen molar-refractivity contribution in [1.82, 2.24) is 9.97 Å². The third kappa shape index (κ3) is 5.04. The molecule has 150 valence electrons. The van der Waals surface area contributed by atoms with Crippen molar-refractivity contribution in [3.8, 4) is 28.6 Å². The number of aromatic nitrogens is 2. The highest BCUT2D eigenvalue weighted by atomic mass is 79.9. The molecule has 0 aliphatic carbocycles. The summed E-state index contributed by atoms with van der Waals surface area (Å²) in [4.78, 5) is 8.88. The fourth-order valence-electron chi connectivity index (χ4n) is 2.58. The quantitative estimate of drug-likeness (QED) is 0.344. The Balaban J connectivity index is 1.87. The smallest absolute Gasteiger partial charge is 0.165 e. The molecule has 2 aromatic carbocycles. The number of nitrogens with one attached hydrogen (secondary N) is 1. The highest BCUT2D eigenvalue weighted by Crippen LogP contribution is 2.37. The zero-order valence-electron chi connectivity index (χ0n) is 15.9. The van der Waals surface area contributed by atoms with Crippen LogP contribution in [-0.2, 0) is 0 Å². The van der Waals surface area contributed by atoms with Crippen molar-refractivity contribution < 1.29 is 14.6 Å². The predicted molar refractivity (Wildman–Crippen MR) is 120 cm³/mol. The fraction of sp³-hybridized carbons (Fsp3) is 0.150. The fourth-order valence-corrected chi connectivity index (χ4v) is 3.80. The summed E-state index contributed by atoms with van der Waals surface area (Å²) in [5.74, 6) is 2.27. The molecule has 0 radical (unpaired) electrons. The number of nitrogens with zero attached hydrogens (tertiary/aromatic N) is 3. The number of halogens is 2. The molecule has 0 spiro atoms. The third-order valence-electron chi connectivity index (χ3n) is 3.95. The second kappa shape index (κ2) is 9.23. The van der Waals surface area contributed by atoms with Crippen LogP contribution in [0.4, 0.5) is 5.82 Å². The molecule has 0 saturated carbocycles. The van der Waals surface area contributed by atoms with Crippen LogP contribution in [0.5, 0.6) is 17.2 Å². The number of phenols is 1. The van der Waals surface area contributed by atoms with Gasteiger partial charge in [-0.2, -0.15) is 5.10 Å². The SMILES string of the molecule is COc1ccc(/C=N\Nc2cc(C)nc(-c3cc(Br)cc(Br)c3O)n2)c(OC)c1. The standard InChI is InChI=1S/C20H18Br2N4O3/c1-11-6-18(25-20(24-11)15-7-13(21)8-16(22)19(15)27)26-23-10-12-4-5-14(28-2)9-17(12)29-3/h4-10,27H,1-3H3,(H,24,25,26)/b23-10-. The molecule has 0 atom stereocenters. The summed E-state index contributed by atoms with van der Waals surface area (Å²) >= 11 is 6.74. The number of phenolic OH excluding ortho intramolecular Hbond substituents is 1. The Kier molecular flexibility index (Phi) is 6.71. The lowest BCUT2D eigenvalue weighted by atomic mass is 10.2. The van der Waals surface area contributed by atoms with E-state index in [1.807, 2.05) is 19.1 Å². The maximum absolute atomic E-state index is 10.4. The Morgan fingerprint density at radius 2 is 1.86 bits per heavy atom. The zero-order valence-corrected chi connectivity index (χ0v) is 19.1. The molecule has 3 aromatic rings. The first kappa shape index (κ1) is 21.1. The number of hydrazone groups is 1. The molecule has 0 saturated heterocycles. The van der Waals surface area contributed by atoms with E-state index in [4.69, 9.17) is 9.47 Å². The van der Waals surface area contributed by atoms with E-state index in [9.17, 15) is 5.11 Å². The molecule has 0 aliphatic rings. The Labute approximate surface area is 185 Å². The van der Waals surface area contributed by atoms with Crippen LogP contribution in [0.25, 0.3) is 11.4 Å². The van der Waals surface area contributed by atoms with Gasteiger partial charge in [0.25, 0.3) is 0 Å².